The third-order valence-electron chi connectivity index (χ3n) is 7.93. The van der Waals surface area contributed by atoms with Gasteiger partial charge in [0.05, 0.1) is 25.3 Å². The Morgan fingerprint density at radius 3 is 2.62 bits per heavy atom. The van der Waals surface area contributed by atoms with Gasteiger partial charge in [-0.2, -0.15) is 0 Å². The summed E-state index contributed by atoms with van der Waals surface area (Å²) < 4.78 is 26.0. The van der Waals surface area contributed by atoms with Crippen LogP contribution < -0.4 is 20.7 Å². The average Bonchev–Trinajstić information content (AvgIpc) is 3.43. The summed E-state index contributed by atoms with van der Waals surface area (Å²) in [6.07, 6.45) is 3.67. The molecule has 0 saturated carbocycles. The molecular weight excluding hydrogens is 563 g/mol. The van der Waals surface area contributed by atoms with Crippen LogP contribution in [-0.2, 0) is 19.7 Å². The van der Waals surface area contributed by atoms with Crippen molar-refractivity contribution in [1.82, 2.24) is 10.3 Å². The summed E-state index contributed by atoms with van der Waals surface area (Å²) in [5.74, 6) is -2.94. The molecule has 2 aliphatic rings. The Kier molecular flexibility index (Phi) is 7.72. The predicted molar refractivity (Wildman–Crippen MR) is 156 cm³/mol. The first kappa shape index (κ1) is 29.5. The number of fused-ring (bicyclic) bond motifs is 2. The molecule has 3 heterocycles. The van der Waals surface area contributed by atoms with Gasteiger partial charge < -0.3 is 25.4 Å². The van der Waals surface area contributed by atoms with E-state index in [-0.39, 0.29) is 33.2 Å². The van der Waals surface area contributed by atoms with Crippen LogP contribution in [0.3, 0.4) is 0 Å². The molecule has 2 aromatic carbocycles. The molecule has 42 heavy (non-hydrogen) atoms. The second-order valence-electron chi connectivity index (χ2n) is 11.7. The highest BCUT2D eigenvalue weighted by Crippen LogP contribution is 2.56. The lowest BCUT2D eigenvalue weighted by Gasteiger charge is -2.37. The van der Waals surface area contributed by atoms with Gasteiger partial charge in [-0.1, -0.05) is 44.5 Å². The summed E-state index contributed by atoms with van der Waals surface area (Å²) in [4.78, 5) is 44.7. The van der Waals surface area contributed by atoms with E-state index in [0.29, 0.717) is 23.4 Å². The molecule has 3 aromatic rings. The van der Waals surface area contributed by atoms with Crippen LogP contribution in [0.5, 0.6) is 5.75 Å². The molecule has 2 amide bonds. The molecule has 9 nitrogen and oxygen atoms in total. The number of aromatic nitrogens is 1. The SMILES string of the molecule is COC(=O)c1ccc(NC(=O)[C@@H]2N[C@@H](CC(C)(C)C)[C@@]3(C(=O)Nc4ccncc43)[C@H]2c2cccc(Cl)c2F)cc1OC. The first-order chi connectivity index (χ1) is 19.9. The number of amides is 2. The van der Waals surface area contributed by atoms with Crippen LogP contribution in [0.25, 0.3) is 0 Å². The zero-order valence-corrected chi connectivity index (χ0v) is 24.6. The second kappa shape index (κ2) is 11.0. The fraction of sp³-hybridized carbons (Fsp3) is 0.355. The standard InChI is InChI=1S/C31H32ClFN4O5/c1-30(2,3)14-23-31(19-15-34-12-11-21(19)36-29(31)40)24(18-7-6-8-20(32)25(18)33)26(37-23)27(38)35-16-9-10-17(28(39)42-5)22(13-16)41-4/h6-13,15,23-24,26,37H,14H2,1-5H3,(H,35,38)(H,36,40)/t23-,24-,26+,31+/m0/s1. The van der Waals surface area contributed by atoms with Crippen molar-refractivity contribution in [3.05, 3.63) is 82.4 Å². The van der Waals surface area contributed by atoms with Crippen molar-refractivity contribution in [3.8, 4) is 5.75 Å². The molecule has 0 aliphatic carbocycles. The van der Waals surface area contributed by atoms with Crippen LogP contribution in [0.15, 0.2) is 54.9 Å². The number of anilines is 2. The van der Waals surface area contributed by atoms with Crippen molar-refractivity contribution < 1.29 is 28.2 Å². The molecule has 3 N–H and O–H groups in total. The number of rotatable bonds is 6. The van der Waals surface area contributed by atoms with Gasteiger partial charge in [0.2, 0.25) is 11.8 Å². The molecule has 1 fully saturated rings. The molecule has 0 radical (unpaired) electrons. The summed E-state index contributed by atoms with van der Waals surface area (Å²) in [5, 5.41) is 9.13. The summed E-state index contributed by atoms with van der Waals surface area (Å²) in [7, 11) is 2.66. The van der Waals surface area contributed by atoms with Gasteiger partial charge in [-0.15, -0.1) is 0 Å². The Bertz CT molecular complexity index is 1580. The lowest BCUT2D eigenvalue weighted by atomic mass is 9.62. The lowest BCUT2D eigenvalue weighted by molar-refractivity contribution is -0.122. The van der Waals surface area contributed by atoms with Crippen molar-refractivity contribution in [2.45, 2.75) is 50.6 Å². The number of benzene rings is 2. The molecule has 0 unspecified atom stereocenters. The van der Waals surface area contributed by atoms with Crippen molar-refractivity contribution in [2.24, 2.45) is 5.41 Å². The highest BCUT2D eigenvalue weighted by molar-refractivity contribution is 6.30. The largest absolute Gasteiger partial charge is 0.496 e. The predicted octanol–water partition coefficient (Wildman–Crippen LogP) is 5.06. The number of pyridine rings is 1. The van der Waals surface area contributed by atoms with Crippen LogP contribution in [-0.4, -0.2) is 49.1 Å². The Labute approximate surface area is 248 Å². The Balaban J connectivity index is 1.66. The number of nitrogens with zero attached hydrogens (tertiary/aromatic N) is 1. The smallest absolute Gasteiger partial charge is 0.341 e. The molecule has 4 atom stereocenters. The number of ether oxygens (including phenoxy) is 2. The van der Waals surface area contributed by atoms with Crippen LogP contribution in [0, 0.1) is 11.2 Å². The minimum Gasteiger partial charge on any atom is -0.496 e. The minimum atomic E-state index is -1.38. The average molecular weight is 595 g/mol. The molecule has 5 rings (SSSR count). The van der Waals surface area contributed by atoms with Crippen LogP contribution in [0.4, 0.5) is 15.8 Å². The van der Waals surface area contributed by atoms with E-state index in [1.807, 2.05) is 20.8 Å². The van der Waals surface area contributed by atoms with E-state index in [1.165, 1.54) is 32.4 Å². The van der Waals surface area contributed by atoms with Gasteiger partial charge in [-0.05, 0) is 41.7 Å². The Morgan fingerprint density at radius 2 is 1.93 bits per heavy atom. The van der Waals surface area contributed by atoms with Crippen LogP contribution in [0.1, 0.15) is 54.6 Å². The summed E-state index contributed by atoms with van der Waals surface area (Å²) in [6.45, 7) is 6.12. The number of esters is 1. The number of hydrogen-bond acceptors (Lipinski definition) is 7. The van der Waals surface area contributed by atoms with Gasteiger partial charge in [0.25, 0.3) is 0 Å². The molecule has 1 spiro atoms. The first-order valence-electron chi connectivity index (χ1n) is 13.5. The number of methoxy groups -OCH3 is 2. The number of halogens is 2. The zero-order valence-electron chi connectivity index (χ0n) is 23.9. The van der Waals surface area contributed by atoms with Crippen LogP contribution in [0.2, 0.25) is 5.02 Å². The highest BCUT2D eigenvalue weighted by atomic mass is 35.5. The van der Waals surface area contributed by atoms with Gasteiger partial charge >= 0.3 is 5.97 Å². The van der Waals surface area contributed by atoms with E-state index in [2.05, 4.69) is 20.9 Å². The summed E-state index contributed by atoms with van der Waals surface area (Å²) in [5.41, 5.74) is 0.159. The van der Waals surface area contributed by atoms with Gasteiger partial charge in [-0.25, -0.2) is 9.18 Å². The Morgan fingerprint density at radius 1 is 1.17 bits per heavy atom. The fourth-order valence-electron chi connectivity index (χ4n) is 6.27. The quantitative estimate of drug-likeness (QED) is 0.341. The van der Waals surface area contributed by atoms with E-state index in [9.17, 15) is 14.4 Å². The molecule has 1 saturated heterocycles. The summed E-state index contributed by atoms with van der Waals surface area (Å²) in [6, 6.07) is 9.18. The third kappa shape index (κ3) is 4.88. The van der Waals surface area contributed by atoms with Gasteiger partial charge in [0.1, 0.15) is 22.5 Å². The molecule has 1 aromatic heterocycles. The number of nitrogens with one attached hydrogen (secondary N) is 3. The number of carbonyl (C=O) groups is 3. The molecule has 11 heteroatoms. The minimum absolute atomic E-state index is 0.117. The van der Waals surface area contributed by atoms with Gasteiger partial charge in [0, 0.05) is 47.4 Å². The number of carbonyl (C=O) groups excluding carboxylic acids is 3. The van der Waals surface area contributed by atoms with Crippen molar-refractivity contribution in [3.63, 3.8) is 0 Å². The number of hydrogen-bond donors (Lipinski definition) is 3. The van der Waals surface area contributed by atoms with Gasteiger partial charge in [0.15, 0.2) is 0 Å². The Hall–Kier alpha value is -4.02. The second-order valence-corrected chi connectivity index (χ2v) is 12.1. The maximum absolute atomic E-state index is 15.9. The monoisotopic (exact) mass is 594 g/mol. The van der Waals surface area contributed by atoms with E-state index < -0.39 is 41.1 Å². The third-order valence-corrected chi connectivity index (χ3v) is 8.23. The molecule has 2 aliphatic heterocycles. The highest BCUT2D eigenvalue weighted by Gasteiger charge is 2.66. The van der Waals surface area contributed by atoms with Gasteiger partial charge in [-0.3, -0.25) is 14.6 Å². The topological polar surface area (TPSA) is 119 Å². The van der Waals surface area contributed by atoms with Crippen molar-refractivity contribution >= 4 is 40.8 Å². The summed E-state index contributed by atoms with van der Waals surface area (Å²) >= 11 is 6.25. The van der Waals surface area contributed by atoms with Crippen molar-refractivity contribution in [2.75, 3.05) is 24.9 Å². The molecule has 0 bridgehead atoms. The normalized spacial score (nSPS) is 22.9. The van der Waals surface area contributed by atoms with Crippen LogP contribution >= 0.6 is 11.6 Å². The maximum atomic E-state index is 15.9. The fourth-order valence-corrected chi connectivity index (χ4v) is 6.45. The lowest BCUT2D eigenvalue weighted by Crippen LogP contribution is -2.49. The zero-order chi connectivity index (χ0) is 30.4. The van der Waals surface area contributed by atoms with E-state index in [1.54, 1.807) is 36.7 Å². The molecular formula is C31H32ClFN4O5. The van der Waals surface area contributed by atoms with Crippen molar-refractivity contribution in [1.29, 1.82) is 0 Å². The first-order valence-corrected chi connectivity index (χ1v) is 13.8. The van der Waals surface area contributed by atoms with E-state index >= 15 is 4.39 Å². The van der Waals surface area contributed by atoms with E-state index in [0.717, 1.165) is 0 Å². The van der Waals surface area contributed by atoms with E-state index in [4.69, 9.17) is 21.1 Å². The maximum Gasteiger partial charge on any atom is 0.341 e. The molecule has 220 valence electrons.